The molecule has 0 bridgehead atoms. The average Bonchev–Trinajstić information content (AvgIpc) is 0.873. The molecule has 0 aromatic carbocycles. The second-order valence-electron chi connectivity index (χ2n) is 27.3. The molecule has 0 spiro atoms. The maximum absolute atomic E-state index is 14.5. The Bertz CT molecular complexity index is 3000. The van der Waals surface area contributed by atoms with Crippen molar-refractivity contribution in [2.45, 2.75) is 249 Å². The maximum Gasteiger partial charge on any atom is 0.326 e. The van der Waals surface area contributed by atoms with Gasteiger partial charge in [0.25, 0.3) is 5.91 Å². The molecule has 0 heterocycles. The largest absolute Gasteiger partial charge is 0.481 e. The molecule has 0 aliphatic carbocycles. The summed E-state index contributed by atoms with van der Waals surface area (Å²) in [4.78, 5) is 225. The Morgan fingerprint density at radius 1 is 0.315 bits per heavy atom. The van der Waals surface area contributed by atoms with E-state index in [4.69, 9.17) is 51.0 Å². The number of quaternary nitrogens is 1. The molecule has 0 unspecified atom stereocenters. The Morgan fingerprint density at radius 2 is 0.602 bits per heavy atom. The third-order valence-electron chi connectivity index (χ3n) is 15.8. The number of aliphatic carboxylic acids is 3. The second-order valence-corrected chi connectivity index (χ2v) is 27.3. The summed E-state index contributed by atoms with van der Waals surface area (Å²) in [6.07, 6.45) is -7.16. The summed E-state index contributed by atoms with van der Waals surface area (Å²) in [5.41, 5.74) is 47.9. The van der Waals surface area contributed by atoms with Crippen molar-refractivity contribution in [1.82, 2.24) is 79.8 Å². The maximum atomic E-state index is 14.5. The molecule has 0 aliphatic heterocycles. The van der Waals surface area contributed by atoms with Gasteiger partial charge in [-0.2, -0.15) is 0 Å². The van der Waals surface area contributed by atoms with Gasteiger partial charge < -0.3 is 136 Å². The van der Waals surface area contributed by atoms with Gasteiger partial charge in [0.05, 0.1) is 25.9 Å². The Hall–Kier alpha value is -9.45. The number of carboxylic acid groups (broad SMARTS) is 3. The zero-order valence-corrected chi connectivity index (χ0v) is 62.5. The number of nitrogens with one attached hydrogen (secondary N) is 15. The zero-order chi connectivity index (χ0) is 82.8. The Morgan fingerprint density at radius 3 is 0.926 bits per heavy atom. The molecule has 0 aromatic heterocycles. The molecule has 616 valence electrons. The third kappa shape index (κ3) is 42.8. The summed E-state index contributed by atoms with van der Waals surface area (Å²) in [5.74, 6) is -19.7. The fourth-order valence-electron chi connectivity index (χ4n) is 10.2. The highest BCUT2D eigenvalue weighted by molar-refractivity contribution is 6.00. The van der Waals surface area contributed by atoms with Gasteiger partial charge in [-0.15, -0.1) is 0 Å². The van der Waals surface area contributed by atoms with Crippen molar-refractivity contribution in [1.29, 1.82) is 0 Å². The van der Waals surface area contributed by atoms with Crippen molar-refractivity contribution >= 4 is 101 Å². The molecule has 13 atom stereocenters. The van der Waals surface area contributed by atoms with E-state index in [-0.39, 0.29) is 95.7 Å². The van der Waals surface area contributed by atoms with E-state index < -0.39 is 243 Å². The predicted octanol–water partition coefficient (Wildman–Crippen LogP) is -12.1. The summed E-state index contributed by atoms with van der Waals surface area (Å²) in [6, 6.07) is -20.2. The van der Waals surface area contributed by atoms with Crippen molar-refractivity contribution in [3.05, 3.63) is 0 Å². The van der Waals surface area contributed by atoms with Gasteiger partial charge in [-0.1, -0.05) is 41.5 Å². The molecule has 45 nitrogen and oxygen atoms in total. The van der Waals surface area contributed by atoms with Crippen LogP contribution in [0.15, 0.2) is 0 Å². The summed E-state index contributed by atoms with van der Waals surface area (Å²) < 4.78 is 0. The summed E-state index contributed by atoms with van der Waals surface area (Å²) in [6.45, 7) is 11.8. The number of carbonyl (C=O) groups excluding carboxylic acids is 14. The van der Waals surface area contributed by atoms with Gasteiger partial charge >= 0.3 is 17.9 Å². The lowest BCUT2D eigenvalue weighted by molar-refractivity contribution is -0.405. The van der Waals surface area contributed by atoms with E-state index in [2.05, 4.69) is 85.5 Å². The molecule has 0 aromatic rings. The molecule has 0 fully saturated rings. The number of hydrogen-bond donors (Lipinski definition) is 28. The van der Waals surface area contributed by atoms with Crippen molar-refractivity contribution in [2.24, 2.45) is 63.6 Å². The van der Waals surface area contributed by atoms with Gasteiger partial charge in [-0.05, 0) is 115 Å². The molecule has 0 rings (SSSR count). The normalized spacial score (nSPS) is 15.0. The molecule has 0 radical (unpaired) electrons. The van der Waals surface area contributed by atoms with Crippen molar-refractivity contribution in [3.8, 4) is 0 Å². The molecule has 45 heteroatoms. The van der Waals surface area contributed by atoms with Crippen LogP contribution < -0.4 is 131 Å². The SMILES string of the molecule is CC(C)C[C@H](NC(=O)[C@H](C)NC(=O)[C@H](C)NC(=O)[C@H](CC(C)C)NC(=O)[C@H](CCCNC(N)N)NC(=O)[C@H](CCCNC(N)N)NC(=O)[C@H](CO)NC(=O)[C@H](CC(C)C)NC(=O)[C@H](CCC(N)=O)NC(=O)[C@H](CC(=O)O)NC(=O)[C@@H]([NH3+])CCC(=O)O)C(=O)N[C@@H](CCCNC(N)N)C(=O)N[C@@H](CC(N)=O)C(=O)O. The van der Waals surface area contributed by atoms with E-state index in [1.165, 1.54) is 13.8 Å². The number of carboxylic acids is 3. The number of rotatable bonds is 57. The molecule has 38 N–H and O–H groups in total. The van der Waals surface area contributed by atoms with Gasteiger partial charge in [-0.3, -0.25) is 92.7 Å². The monoisotopic (exact) mass is 1550 g/mol. The summed E-state index contributed by atoms with van der Waals surface area (Å²) in [5, 5.41) is 76.1. The van der Waals surface area contributed by atoms with E-state index in [1.807, 2.05) is 0 Å². The highest BCUT2D eigenvalue weighted by atomic mass is 16.4. The van der Waals surface area contributed by atoms with Crippen molar-refractivity contribution in [2.75, 3.05) is 26.2 Å². The van der Waals surface area contributed by atoms with Crippen LogP contribution in [0.1, 0.15) is 152 Å². The van der Waals surface area contributed by atoms with Gasteiger partial charge in [0, 0.05) is 12.8 Å². The first-order valence-corrected chi connectivity index (χ1v) is 35.3. The molecule has 0 saturated carbocycles. The minimum atomic E-state index is -1.88. The smallest absolute Gasteiger partial charge is 0.326 e. The van der Waals surface area contributed by atoms with Crippen LogP contribution in [0.4, 0.5) is 0 Å². The van der Waals surface area contributed by atoms with E-state index >= 15 is 0 Å². The third-order valence-corrected chi connectivity index (χ3v) is 15.8. The topological polar surface area (TPSA) is 787 Å². The first-order valence-electron chi connectivity index (χ1n) is 35.3. The first kappa shape index (κ1) is 98.6. The fourth-order valence-corrected chi connectivity index (χ4v) is 10.2. The van der Waals surface area contributed by atoms with E-state index in [0.717, 1.165) is 0 Å². The van der Waals surface area contributed by atoms with Crippen LogP contribution in [0, 0.1) is 17.8 Å². The number of nitrogens with two attached hydrogens (primary N) is 8. The summed E-state index contributed by atoms with van der Waals surface area (Å²) >= 11 is 0. The van der Waals surface area contributed by atoms with Crippen LogP contribution in [0.2, 0.25) is 0 Å². The van der Waals surface area contributed by atoms with E-state index in [1.54, 1.807) is 41.5 Å². The fraction of sp³-hybridized carbons (Fsp3) is 0.730. The minimum absolute atomic E-state index is 0.0119. The number of carbonyl (C=O) groups is 17. The highest BCUT2D eigenvalue weighted by Gasteiger charge is 2.38. The first-order chi connectivity index (χ1) is 50.3. The van der Waals surface area contributed by atoms with Crippen LogP contribution in [-0.4, -0.2) is 245 Å². The van der Waals surface area contributed by atoms with Crippen LogP contribution in [-0.2, 0) is 81.5 Å². The highest BCUT2D eigenvalue weighted by Crippen LogP contribution is 2.13. The van der Waals surface area contributed by atoms with Gasteiger partial charge in [-0.25, -0.2) is 4.79 Å². The minimum Gasteiger partial charge on any atom is -0.481 e. The summed E-state index contributed by atoms with van der Waals surface area (Å²) in [7, 11) is 0. The molecular weight excluding hydrogens is 1430 g/mol. The Balaban J connectivity index is 6.96. The van der Waals surface area contributed by atoms with Gasteiger partial charge in [0.2, 0.25) is 76.8 Å². The van der Waals surface area contributed by atoms with E-state index in [0.29, 0.717) is 0 Å². The van der Waals surface area contributed by atoms with Gasteiger partial charge in [0.15, 0.2) is 6.04 Å². The van der Waals surface area contributed by atoms with Crippen LogP contribution in [0.3, 0.4) is 0 Å². The number of amides is 14. The van der Waals surface area contributed by atoms with Gasteiger partial charge in [0.1, 0.15) is 91.4 Å². The number of primary amides is 2. The number of hydrogen-bond acceptors (Lipinski definition) is 27. The molecule has 14 amide bonds. The van der Waals surface area contributed by atoms with Crippen LogP contribution in [0.5, 0.6) is 0 Å². The number of aliphatic hydroxyl groups excluding tert-OH is 1. The predicted molar refractivity (Wildman–Crippen MR) is 384 cm³/mol. The Labute approximate surface area is 625 Å². The molecule has 108 heavy (non-hydrogen) atoms. The zero-order valence-electron chi connectivity index (χ0n) is 62.5. The van der Waals surface area contributed by atoms with E-state index in [9.17, 15) is 96.8 Å². The number of aliphatic hydroxyl groups is 1. The van der Waals surface area contributed by atoms with Crippen molar-refractivity contribution < 1.29 is 108 Å². The Kier molecular flexibility index (Phi) is 47.2. The second kappa shape index (κ2) is 51.8. The molecule has 0 saturated heterocycles. The lowest BCUT2D eigenvalue weighted by atomic mass is 10.0. The molecule has 0 aliphatic rings. The quantitative estimate of drug-likeness (QED) is 0.0199. The average molecular weight is 1550 g/mol. The van der Waals surface area contributed by atoms with Crippen LogP contribution >= 0.6 is 0 Å². The van der Waals surface area contributed by atoms with Crippen molar-refractivity contribution in [3.63, 3.8) is 0 Å². The van der Waals surface area contributed by atoms with Crippen LogP contribution in [0.25, 0.3) is 0 Å². The lowest BCUT2D eigenvalue weighted by Crippen LogP contribution is -2.69. The standard InChI is InChI=1S/C63H118N24O21/c1-28(2)22-38(55(102)77-31(7)48(95)76-32(8)49(96)82-39(23-29(3)4)56(103)79-36(14-11-21-75-63(71)72)53(100)86-42(60(107)108)25-45(66)90)84-52(99)35(13-10-20-74-62(69)70)78-51(98)34(12-9-19-73-61(67)68)80-59(106)43(27-88)87-57(104)40(24-30(5)6)85-54(101)37(16-17-44(65)89)81-58(105)41(26-47(93)94)83-50(97)33(64)15-18-46(91)92/h28-43,61-63,73-75,88H,9-27,64,67-72H2,1-8H3,(H2,65,89)(H2,66,90)(H,76,95)(H,77,102)(H,78,98)(H,79,103)(H,80,106)(H,81,105)(H,82,96)(H,83,97)(H,84,99)(H,85,101)(H,86,100)(H,87,104)(H,91,92)(H,93,94)(H,107,108)/p+1/t31-,32-,33-,34-,35-,36-,37-,38-,39-,40-,41-,42-,43-/m0/s1. The molecular formula is C63H119N24O21+. The lowest BCUT2D eigenvalue weighted by Gasteiger charge is -2.28.